The van der Waals surface area contributed by atoms with Crippen LogP contribution in [0.25, 0.3) is 22.2 Å². The van der Waals surface area contributed by atoms with Crippen molar-refractivity contribution in [2.45, 2.75) is 13.8 Å². The van der Waals surface area contributed by atoms with Crippen molar-refractivity contribution in [1.29, 1.82) is 0 Å². The highest BCUT2D eigenvalue weighted by Crippen LogP contribution is 2.25. The second-order valence-electron chi connectivity index (χ2n) is 6.64. The van der Waals surface area contributed by atoms with Crippen LogP contribution in [0, 0.1) is 13.8 Å². The first-order chi connectivity index (χ1) is 13.1. The maximum atomic E-state index is 13.1. The molecule has 4 aromatic rings. The molecule has 0 atom stereocenters. The summed E-state index contributed by atoms with van der Waals surface area (Å²) in [4.78, 5) is 21.9. The van der Waals surface area contributed by atoms with Gasteiger partial charge >= 0.3 is 0 Å². The molecule has 1 N–H and O–H groups in total. The molecule has 0 saturated heterocycles. The molecule has 0 unspecified atom stereocenters. The van der Waals surface area contributed by atoms with Gasteiger partial charge in [0.15, 0.2) is 0 Å². The van der Waals surface area contributed by atoms with Crippen LogP contribution in [0.2, 0.25) is 0 Å². The fourth-order valence-corrected chi connectivity index (χ4v) is 3.27. The van der Waals surface area contributed by atoms with Crippen molar-refractivity contribution < 1.29 is 4.79 Å². The second-order valence-corrected chi connectivity index (χ2v) is 6.64. The van der Waals surface area contributed by atoms with E-state index >= 15 is 0 Å². The number of nitrogens with zero attached hydrogens (tertiary/aromatic N) is 2. The van der Waals surface area contributed by atoms with Crippen LogP contribution in [0.5, 0.6) is 0 Å². The van der Waals surface area contributed by atoms with E-state index in [1.54, 1.807) is 12.4 Å². The van der Waals surface area contributed by atoms with Crippen LogP contribution in [0.15, 0.2) is 73.1 Å². The fourth-order valence-electron chi connectivity index (χ4n) is 3.27. The molecule has 0 spiro atoms. The van der Waals surface area contributed by atoms with Crippen molar-refractivity contribution in [3.8, 4) is 11.3 Å². The Morgan fingerprint density at radius 3 is 2.44 bits per heavy atom. The monoisotopic (exact) mass is 353 g/mol. The van der Waals surface area contributed by atoms with Gasteiger partial charge in [-0.2, -0.15) is 0 Å². The summed E-state index contributed by atoms with van der Waals surface area (Å²) in [5.74, 6) is -0.149. The van der Waals surface area contributed by atoms with Gasteiger partial charge in [-0.1, -0.05) is 24.3 Å². The summed E-state index contributed by atoms with van der Waals surface area (Å²) in [6.45, 7) is 4.04. The van der Waals surface area contributed by atoms with Gasteiger partial charge in [-0.25, -0.2) is 4.98 Å². The molecule has 0 aliphatic heterocycles. The number of benzene rings is 2. The van der Waals surface area contributed by atoms with Crippen molar-refractivity contribution in [1.82, 2.24) is 9.97 Å². The van der Waals surface area contributed by atoms with E-state index in [-0.39, 0.29) is 5.91 Å². The maximum Gasteiger partial charge on any atom is 0.256 e. The number of fused-ring (bicyclic) bond motifs is 1. The molecule has 0 aliphatic rings. The SMILES string of the molecule is Cc1cc(C)cc(NC(=O)c2cc(-c3cccnc3)nc3ccccc23)c1. The summed E-state index contributed by atoms with van der Waals surface area (Å²) in [6.07, 6.45) is 3.47. The first kappa shape index (κ1) is 16.9. The number of anilines is 1. The highest BCUT2D eigenvalue weighted by molar-refractivity contribution is 6.13. The number of nitrogens with one attached hydrogen (secondary N) is 1. The maximum absolute atomic E-state index is 13.1. The summed E-state index contributed by atoms with van der Waals surface area (Å²) in [5.41, 5.74) is 6.00. The lowest BCUT2D eigenvalue weighted by Gasteiger charge is -2.11. The van der Waals surface area contributed by atoms with E-state index in [2.05, 4.69) is 16.4 Å². The van der Waals surface area contributed by atoms with E-state index in [1.165, 1.54) is 0 Å². The highest BCUT2D eigenvalue weighted by atomic mass is 16.1. The van der Waals surface area contributed by atoms with E-state index in [0.717, 1.165) is 39.0 Å². The Balaban J connectivity index is 1.81. The zero-order valence-corrected chi connectivity index (χ0v) is 15.2. The number of hydrogen-bond acceptors (Lipinski definition) is 3. The van der Waals surface area contributed by atoms with Gasteiger partial charge in [0.2, 0.25) is 0 Å². The Morgan fingerprint density at radius 2 is 1.70 bits per heavy atom. The van der Waals surface area contributed by atoms with Gasteiger partial charge in [-0.3, -0.25) is 9.78 Å². The third-order valence-corrected chi connectivity index (χ3v) is 4.40. The van der Waals surface area contributed by atoms with Gasteiger partial charge in [-0.05, 0) is 61.4 Å². The van der Waals surface area contributed by atoms with E-state index in [0.29, 0.717) is 5.56 Å². The zero-order valence-electron chi connectivity index (χ0n) is 15.2. The molecule has 2 aromatic heterocycles. The summed E-state index contributed by atoms with van der Waals surface area (Å²) >= 11 is 0. The van der Waals surface area contributed by atoms with E-state index < -0.39 is 0 Å². The van der Waals surface area contributed by atoms with Gasteiger partial charge in [-0.15, -0.1) is 0 Å². The minimum atomic E-state index is -0.149. The number of pyridine rings is 2. The topological polar surface area (TPSA) is 54.9 Å². The predicted octanol–water partition coefficient (Wildman–Crippen LogP) is 5.17. The fraction of sp³-hybridized carbons (Fsp3) is 0.0870. The molecule has 4 heteroatoms. The number of amides is 1. The van der Waals surface area contributed by atoms with Crippen LogP contribution >= 0.6 is 0 Å². The molecular formula is C23H19N3O. The molecule has 1 amide bonds. The Bertz CT molecular complexity index is 1120. The van der Waals surface area contributed by atoms with E-state index in [9.17, 15) is 4.79 Å². The Hall–Kier alpha value is -3.53. The molecule has 0 radical (unpaired) electrons. The summed E-state index contributed by atoms with van der Waals surface area (Å²) in [5, 5.41) is 3.85. The van der Waals surface area contributed by atoms with Crippen LogP contribution < -0.4 is 5.32 Å². The van der Waals surface area contributed by atoms with Gasteiger partial charge in [0, 0.05) is 29.0 Å². The Kier molecular flexibility index (Phi) is 4.38. The van der Waals surface area contributed by atoms with Gasteiger partial charge in [0.25, 0.3) is 5.91 Å². The van der Waals surface area contributed by atoms with Crippen LogP contribution in [0.4, 0.5) is 5.69 Å². The standard InChI is InChI=1S/C23H19N3O/c1-15-10-16(2)12-18(11-15)25-23(27)20-13-22(17-6-5-9-24-14-17)26-21-8-4-3-7-19(20)21/h3-14H,1-2H3,(H,25,27). The number of hydrogen-bond donors (Lipinski definition) is 1. The lowest BCUT2D eigenvalue weighted by Crippen LogP contribution is -2.13. The van der Waals surface area contributed by atoms with Crippen LogP contribution in [0.1, 0.15) is 21.5 Å². The van der Waals surface area contributed by atoms with E-state index in [4.69, 9.17) is 4.98 Å². The number of aromatic nitrogens is 2. The normalized spacial score (nSPS) is 10.7. The molecule has 4 rings (SSSR count). The van der Waals surface area contributed by atoms with Crippen LogP contribution in [0.3, 0.4) is 0 Å². The average Bonchev–Trinajstić information content (AvgIpc) is 2.67. The summed E-state index contributed by atoms with van der Waals surface area (Å²) in [7, 11) is 0. The predicted molar refractivity (Wildman–Crippen MR) is 109 cm³/mol. The Labute approximate surface area is 157 Å². The molecule has 4 nitrogen and oxygen atoms in total. The largest absolute Gasteiger partial charge is 0.322 e. The molecule has 0 aliphatic carbocycles. The lowest BCUT2D eigenvalue weighted by molar-refractivity contribution is 0.102. The van der Waals surface area contributed by atoms with Gasteiger partial charge < -0.3 is 5.32 Å². The number of carbonyl (C=O) groups is 1. The molecule has 2 aromatic carbocycles. The number of aryl methyl sites for hydroxylation is 2. The first-order valence-electron chi connectivity index (χ1n) is 8.80. The third-order valence-electron chi connectivity index (χ3n) is 4.40. The Morgan fingerprint density at radius 1 is 0.926 bits per heavy atom. The number of rotatable bonds is 3. The molecular weight excluding hydrogens is 334 g/mol. The molecule has 0 fully saturated rings. The van der Waals surface area contributed by atoms with Gasteiger partial charge in [0.1, 0.15) is 0 Å². The van der Waals surface area contributed by atoms with Gasteiger partial charge in [0.05, 0.1) is 16.8 Å². The summed E-state index contributed by atoms with van der Waals surface area (Å²) in [6, 6.07) is 19.3. The average molecular weight is 353 g/mol. The minimum absolute atomic E-state index is 0.149. The zero-order chi connectivity index (χ0) is 18.8. The molecule has 0 saturated carbocycles. The smallest absolute Gasteiger partial charge is 0.256 e. The second kappa shape index (κ2) is 7.00. The van der Waals surface area contributed by atoms with Crippen molar-refractivity contribution in [2.75, 3.05) is 5.32 Å². The van der Waals surface area contributed by atoms with Crippen molar-refractivity contribution >= 4 is 22.5 Å². The number of para-hydroxylation sites is 1. The van der Waals surface area contributed by atoms with Crippen molar-refractivity contribution in [3.05, 3.63) is 89.7 Å². The molecule has 132 valence electrons. The summed E-state index contributed by atoms with van der Waals surface area (Å²) < 4.78 is 0. The first-order valence-corrected chi connectivity index (χ1v) is 8.80. The van der Waals surface area contributed by atoms with Crippen molar-refractivity contribution in [3.63, 3.8) is 0 Å². The lowest BCUT2D eigenvalue weighted by atomic mass is 10.0. The quantitative estimate of drug-likeness (QED) is 0.553. The number of carbonyl (C=O) groups excluding carboxylic acids is 1. The minimum Gasteiger partial charge on any atom is -0.322 e. The third kappa shape index (κ3) is 3.55. The molecule has 0 bridgehead atoms. The van der Waals surface area contributed by atoms with Crippen LogP contribution in [-0.2, 0) is 0 Å². The molecule has 27 heavy (non-hydrogen) atoms. The van der Waals surface area contributed by atoms with Crippen LogP contribution in [-0.4, -0.2) is 15.9 Å². The molecule has 2 heterocycles. The van der Waals surface area contributed by atoms with Crippen molar-refractivity contribution in [2.24, 2.45) is 0 Å². The highest BCUT2D eigenvalue weighted by Gasteiger charge is 2.14. The van der Waals surface area contributed by atoms with E-state index in [1.807, 2.05) is 68.4 Å².